The lowest BCUT2D eigenvalue weighted by Crippen LogP contribution is -2.40. The molecule has 7 rings (SSSR count). The number of fused-ring (bicyclic) bond motifs is 3. The molecular weight excluding hydrogens is 482 g/mol. The number of piperidine rings is 1. The molecule has 7 nitrogen and oxygen atoms in total. The third-order valence-corrected chi connectivity index (χ3v) is 9.54. The van der Waals surface area contributed by atoms with Gasteiger partial charge in [0, 0.05) is 37.6 Å². The summed E-state index contributed by atoms with van der Waals surface area (Å²) < 4.78 is 31.1. The number of imidazole rings is 1. The van der Waals surface area contributed by atoms with Gasteiger partial charge < -0.3 is 9.47 Å². The Balaban J connectivity index is 1.14. The first kappa shape index (κ1) is 22.4. The predicted octanol–water partition coefficient (Wildman–Crippen LogP) is 5.13. The zero-order valence-corrected chi connectivity index (χ0v) is 21.2. The van der Waals surface area contributed by atoms with Gasteiger partial charge in [-0.05, 0) is 66.4 Å². The van der Waals surface area contributed by atoms with E-state index in [2.05, 4.69) is 38.7 Å². The molecule has 37 heavy (non-hydrogen) atoms. The maximum atomic E-state index is 13.7. The van der Waals surface area contributed by atoms with Gasteiger partial charge in [-0.3, -0.25) is 0 Å². The Morgan fingerprint density at radius 2 is 1.62 bits per heavy atom. The summed E-state index contributed by atoms with van der Waals surface area (Å²) in [6, 6.07) is 25.8. The Labute approximate surface area is 216 Å². The topological polar surface area (TPSA) is 71.3 Å². The van der Waals surface area contributed by atoms with Gasteiger partial charge in [-0.25, -0.2) is 18.4 Å². The molecule has 0 aliphatic carbocycles. The third-order valence-electron chi connectivity index (χ3n) is 7.68. The molecule has 0 N–H and O–H groups in total. The van der Waals surface area contributed by atoms with Crippen LogP contribution in [0.3, 0.4) is 0 Å². The van der Waals surface area contributed by atoms with Gasteiger partial charge >= 0.3 is 0 Å². The molecule has 8 heteroatoms. The van der Waals surface area contributed by atoms with Gasteiger partial charge in [0.25, 0.3) is 0 Å². The Hall–Kier alpha value is -3.75. The maximum absolute atomic E-state index is 13.7. The van der Waals surface area contributed by atoms with Crippen LogP contribution in [0.1, 0.15) is 30.0 Å². The molecule has 0 saturated carbocycles. The summed E-state index contributed by atoms with van der Waals surface area (Å²) in [4.78, 5) is 11.9. The first-order chi connectivity index (χ1) is 18.1. The second-order valence-electron chi connectivity index (χ2n) is 9.95. The van der Waals surface area contributed by atoms with E-state index >= 15 is 0 Å². The highest BCUT2D eigenvalue weighted by molar-refractivity contribution is 7.89. The van der Waals surface area contributed by atoms with Gasteiger partial charge in [-0.1, -0.05) is 36.4 Å². The number of pyridine rings is 1. The fourth-order valence-electron chi connectivity index (χ4n) is 5.71. The van der Waals surface area contributed by atoms with Crippen LogP contribution in [-0.4, -0.2) is 40.3 Å². The average molecular weight is 510 g/mol. The number of para-hydroxylation sites is 2. The lowest BCUT2D eigenvalue weighted by atomic mass is 10.1. The number of benzene rings is 3. The molecule has 1 saturated heterocycles. The van der Waals surface area contributed by atoms with E-state index in [4.69, 9.17) is 4.98 Å². The molecule has 2 aromatic heterocycles. The Kier molecular flexibility index (Phi) is 5.26. The van der Waals surface area contributed by atoms with Gasteiger partial charge in [0.2, 0.25) is 10.0 Å². The van der Waals surface area contributed by atoms with Crippen LogP contribution in [0.5, 0.6) is 0 Å². The number of rotatable bonds is 4. The van der Waals surface area contributed by atoms with Crippen LogP contribution in [0.15, 0.2) is 90.1 Å². The fourth-order valence-corrected chi connectivity index (χ4v) is 7.26. The van der Waals surface area contributed by atoms with Crippen LogP contribution in [0.4, 0.5) is 5.82 Å². The van der Waals surface area contributed by atoms with Crippen molar-refractivity contribution in [2.75, 3.05) is 18.0 Å². The molecule has 5 aromatic rings. The van der Waals surface area contributed by atoms with E-state index in [-0.39, 0.29) is 6.04 Å². The Morgan fingerprint density at radius 1 is 0.838 bits per heavy atom. The van der Waals surface area contributed by atoms with Crippen molar-refractivity contribution < 1.29 is 8.42 Å². The lowest BCUT2D eigenvalue weighted by Gasteiger charge is -2.33. The zero-order valence-electron chi connectivity index (χ0n) is 20.4. The molecule has 0 radical (unpaired) electrons. The Morgan fingerprint density at radius 3 is 2.46 bits per heavy atom. The number of anilines is 1. The van der Waals surface area contributed by atoms with Gasteiger partial charge in [-0.15, -0.1) is 0 Å². The van der Waals surface area contributed by atoms with E-state index in [9.17, 15) is 8.42 Å². The number of nitrogens with zero attached hydrogens (tertiary/aromatic N) is 5. The zero-order chi connectivity index (χ0) is 25.0. The summed E-state index contributed by atoms with van der Waals surface area (Å²) in [7, 11) is -3.63. The van der Waals surface area contributed by atoms with Crippen molar-refractivity contribution in [3.8, 4) is 0 Å². The van der Waals surface area contributed by atoms with Crippen molar-refractivity contribution in [1.82, 2.24) is 18.8 Å². The minimum Gasteiger partial charge on any atom is -0.348 e. The van der Waals surface area contributed by atoms with E-state index in [0.717, 1.165) is 53.7 Å². The predicted molar refractivity (Wildman–Crippen MR) is 145 cm³/mol. The van der Waals surface area contributed by atoms with Crippen molar-refractivity contribution >= 4 is 37.8 Å². The van der Waals surface area contributed by atoms with Gasteiger partial charge in [0.1, 0.15) is 5.82 Å². The first-order valence-corrected chi connectivity index (χ1v) is 14.1. The molecule has 3 aromatic carbocycles. The molecule has 2 aliphatic rings. The van der Waals surface area contributed by atoms with Crippen molar-refractivity contribution in [1.29, 1.82) is 0 Å². The average Bonchev–Trinajstić information content (AvgIpc) is 3.57. The summed E-state index contributed by atoms with van der Waals surface area (Å²) in [5.41, 5.74) is 5.43. The van der Waals surface area contributed by atoms with Crippen molar-refractivity contribution in [2.24, 2.45) is 0 Å². The SMILES string of the molecule is O=S(=O)(c1ccc2nc(N3Cc4ccccc4C3)ccc2c1)N1CCCC(n2cnc3ccccc32)C1. The molecule has 0 amide bonds. The van der Waals surface area contributed by atoms with E-state index < -0.39 is 10.0 Å². The monoisotopic (exact) mass is 509 g/mol. The summed E-state index contributed by atoms with van der Waals surface area (Å²) in [5.74, 6) is 0.908. The lowest BCUT2D eigenvalue weighted by molar-refractivity contribution is 0.270. The van der Waals surface area contributed by atoms with Crippen molar-refractivity contribution in [2.45, 2.75) is 36.9 Å². The summed E-state index contributed by atoms with van der Waals surface area (Å²) in [6.45, 7) is 2.64. The van der Waals surface area contributed by atoms with Crippen LogP contribution >= 0.6 is 0 Å². The molecule has 1 atom stereocenters. The molecule has 4 heterocycles. The third kappa shape index (κ3) is 3.88. The smallest absolute Gasteiger partial charge is 0.243 e. The summed E-state index contributed by atoms with van der Waals surface area (Å²) >= 11 is 0. The maximum Gasteiger partial charge on any atom is 0.243 e. The molecule has 1 unspecified atom stereocenters. The number of aromatic nitrogens is 3. The first-order valence-electron chi connectivity index (χ1n) is 12.7. The highest BCUT2D eigenvalue weighted by Crippen LogP contribution is 2.32. The summed E-state index contributed by atoms with van der Waals surface area (Å²) in [5, 5.41) is 0.829. The molecule has 1 fully saturated rings. The van der Waals surface area contributed by atoms with Crippen LogP contribution in [0.2, 0.25) is 0 Å². The Bertz CT molecular complexity index is 1720. The number of hydrogen-bond donors (Lipinski definition) is 0. The van der Waals surface area contributed by atoms with Gasteiger partial charge in [-0.2, -0.15) is 4.31 Å². The molecule has 0 spiro atoms. The minimum absolute atomic E-state index is 0.0604. The molecular formula is C29H27N5O2S. The standard InChI is InChI=1S/C29H27N5O2S/c35-37(36,33-15-5-8-24(19-33)34-20-30-27-9-3-4-10-28(27)34)25-12-13-26-21(16-25)11-14-29(31-26)32-17-22-6-1-2-7-23(22)18-32/h1-4,6-7,9-14,16,20,24H,5,8,15,17-19H2. The molecule has 0 bridgehead atoms. The molecule has 2 aliphatic heterocycles. The molecule has 186 valence electrons. The fraction of sp³-hybridized carbons (Fsp3) is 0.241. The van der Waals surface area contributed by atoms with Crippen LogP contribution in [0.25, 0.3) is 21.9 Å². The minimum atomic E-state index is -3.63. The number of sulfonamides is 1. The van der Waals surface area contributed by atoms with E-state index in [1.807, 2.05) is 48.8 Å². The highest BCUT2D eigenvalue weighted by atomic mass is 32.2. The van der Waals surface area contributed by atoms with E-state index in [1.165, 1.54) is 11.1 Å². The normalized spacial score (nSPS) is 18.5. The van der Waals surface area contributed by atoms with Gasteiger partial charge in [0.15, 0.2) is 0 Å². The largest absolute Gasteiger partial charge is 0.348 e. The van der Waals surface area contributed by atoms with Crippen molar-refractivity contribution in [3.05, 3.63) is 96.3 Å². The summed E-state index contributed by atoms with van der Waals surface area (Å²) in [6.07, 6.45) is 3.58. The van der Waals surface area contributed by atoms with Crippen LogP contribution in [0, 0.1) is 0 Å². The van der Waals surface area contributed by atoms with Crippen LogP contribution < -0.4 is 4.90 Å². The number of hydrogen-bond acceptors (Lipinski definition) is 5. The highest BCUT2D eigenvalue weighted by Gasteiger charge is 2.31. The second kappa shape index (κ2) is 8.68. The quantitative estimate of drug-likeness (QED) is 0.336. The van der Waals surface area contributed by atoms with Crippen molar-refractivity contribution in [3.63, 3.8) is 0 Å². The van der Waals surface area contributed by atoms with Gasteiger partial charge in [0.05, 0.1) is 27.8 Å². The van der Waals surface area contributed by atoms with Crippen LogP contribution in [-0.2, 0) is 23.1 Å². The second-order valence-corrected chi connectivity index (χ2v) is 11.9. The van der Waals surface area contributed by atoms with E-state index in [0.29, 0.717) is 18.0 Å². The van der Waals surface area contributed by atoms with E-state index in [1.54, 1.807) is 16.4 Å².